The van der Waals surface area contributed by atoms with Crippen molar-refractivity contribution in [3.63, 3.8) is 0 Å². The number of carbonyl (C=O) groups is 1. The molecule has 126 valence electrons. The van der Waals surface area contributed by atoms with Gasteiger partial charge in [0.15, 0.2) is 5.75 Å². The molecule has 0 aliphatic heterocycles. The third-order valence-corrected chi connectivity index (χ3v) is 3.21. The van der Waals surface area contributed by atoms with Crippen LogP contribution in [-0.4, -0.2) is 29.2 Å². The Morgan fingerprint density at radius 1 is 1.04 bits per heavy atom. The molecular formula is C17H17NO6. The minimum Gasteiger partial charge on any atom is -0.494 e. The Bertz CT molecular complexity index is 701. The van der Waals surface area contributed by atoms with E-state index in [0.29, 0.717) is 19.4 Å². The number of nitrogens with zero attached hydrogens (tertiary/aromatic N) is 1. The molecular weight excluding hydrogens is 314 g/mol. The molecule has 2 aromatic carbocycles. The molecule has 0 bridgehead atoms. The Morgan fingerprint density at radius 2 is 1.71 bits per heavy atom. The number of hydrogen-bond donors (Lipinski definition) is 1. The van der Waals surface area contributed by atoms with Gasteiger partial charge in [-0.2, -0.15) is 0 Å². The molecule has 0 amide bonds. The molecule has 0 atom stereocenters. The Balaban J connectivity index is 1.81. The molecule has 7 nitrogen and oxygen atoms in total. The van der Waals surface area contributed by atoms with Crippen LogP contribution in [-0.2, 0) is 0 Å². The fourth-order valence-electron chi connectivity index (χ4n) is 2.01. The standard InChI is InChI=1S/C17H17NO6/c19-17(20)13-8-9-15(18(21)22)16(12-13)24-11-5-4-10-23-14-6-2-1-3-7-14/h1-3,6-9,12H,4-5,10-11H2,(H,19,20). The van der Waals surface area contributed by atoms with Crippen LogP contribution in [0.25, 0.3) is 0 Å². The summed E-state index contributed by atoms with van der Waals surface area (Å²) in [6.45, 7) is 0.743. The van der Waals surface area contributed by atoms with Crippen LogP contribution in [0.5, 0.6) is 11.5 Å². The topological polar surface area (TPSA) is 98.9 Å². The molecule has 0 fully saturated rings. The van der Waals surface area contributed by atoms with E-state index in [9.17, 15) is 14.9 Å². The van der Waals surface area contributed by atoms with Gasteiger partial charge in [-0.05, 0) is 31.0 Å². The molecule has 0 saturated carbocycles. The summed E-state index contributed by atoms with van der Waals surface area (Å²) in [6.07, 6.45) is 1.34. The molecule has 0 saturated heterocycles. The smallest absolute Gasteiger partial charge is 0.335 e. The number of nitro benzene ring substituents is 1. The van der Waals surface area contributed by atoms with Crippen LogP contribution in [0.1, 0.15) is 23.2 Å². The molecule has 0 aliphatic rings. The van der Waals surface area contributed by atoms with Gasteiger partial charge < -0.3 is 14.6 Å². The maximum atomic E-state index is 11.0. The van der Waals surface area contributed by atoms with Crippen molar-refractivity contribution in [1.29, 1.82) is 0 Å². The fourth-order valence-corrected chi connectivity index (χ4v) is 2.01. The van der Waals surface area contributed by atoms with E-state index in [4.69, 9.17) is 14.6 Å². The molecule has 0 unspecified atom stereocenters. The molecule has 0 radical (unpaired) electrons. The van der Waals surface area contributed by atoms with Crippen molar-refractivity contribution >= 4 is 11.7 Å². The summed E-state index contributed by atoms with van der Waals surface area (Å²) in [5, 5.41) is 19.9. The zero-order chi connectivity index (χ0) is 17.4. The van der Waals surface area contributed by atoms with Crippen LogP contribution in [0, 0.1) is 10.1 Å². The Labute approximate surface area is 138 Å². The van der Waals surface area contributed by atoms with Crippen LogP contribution in [0.2, 0.25) is 0 Å². The highest BCUT2D eigenvalue weighted by atomic mass is 16.6. The summed E-state index contributed by atoms with van der Waals surface area (Å²) in [4.78, 5) is 21.3. The van der Waals surface area contributed by atoms with Gasteiger partial charge in [-0.3, -0.25) is 10.1 Å². The van der Waals surface area contributed by atoms with Crippen molar-refractivity contribution in [1.82, 2.24) is 0 Å². The lowest BCUT2D eigenvalue weighted by molar-refractivity contribution is -0.385. The SMILES string of the molecule is O=C(O)c1ccc([N+](=O)[O-])c(OCCCCOc2ccccc2)c1. The minimum absolute atomic E-state index is 0.0381. The van der Waals surface area contributed by atoms with Gasteiger partial charge in [0, 0.05) is 12.1 Å². The number of rotatable bonds is 9. The average Bonchev–Trinajstić information content (AvgIpc) is 2.58. The van der Waals surface area contributed by atoms with E-state index < -0.39 is 10.9 Å². The molecule has 7 heteroatoms. The first kappa shape index (κ1) is 17.3. The Hall–Kier alpha value is -3.09. The number of ether oxygens (including phenoxy) is 2. The zero-order valence-electron chi connectivity index (χ0n) is 12.9. The second-order valence-corrected chi connectivity index (χ2v) is 4.96. The zero-order valence-corrected chi connectivity index (χ0v) is 12.9. The molecule has 0 heterocycles. The van der Waals surface area contributed by atoms with Gasteiger partial charge in [-0.25, -0.2) is 4.79 Å². The minimum atomic E-state index is -1.16. The van der Waals surface area contributed by atoms with Crippen molar-refractivity contribution in [2.75, 3.05) is 13.2 Å². The van der Waals surface area contributed by atoms with Gasteiger partial charge in [0.05, 0.1) is 23.7 Å². The van der Waals surface area contributed by atoms with Crippen LogP contribution in [0.15, 0.2) is 48.5 Å². The Morgan fingerprint density at radius 3 is 2.33 bits per heavy atom. The number of para-hydroxylation sites is 1. The number of hydrogen-bond acceptors (Lipinski definition) is 5. The summed E-state index contributed by atoms with van der Waals surface area (Å²) in [5.74, 6) is -0.418. The van der Waals surface area contributed by atoms with Crippen LogP contribution < -0.4 is 9.47 Å². The molecule has 0 aromatic heterocycles. The van der Waals surface area contributed by atoms with Crippen molar-refractivity contribution in [2.45, 2.75) is 12.8 Å². The van der Waals surface area contributed by atoms with Gasteiger partial charge in [0.25, 0.3) is 0 Å². The third-order valence-electron chi connectivity index (χ3n) is 3.21. The summed E-state index contributed by atoms with van der Waals surface area (Å²) in [5.41, 5.74) is -0.302. The predicted molar refractivity (Wildman–Crippen MR) is 86.7 cm³/mol. The quantitative estimate of drug-likeness (QED) is 0.429. The summed E-state index contributed by atoms with van der Waals surface area (Å²) >= 11 is 0. The average molecular weight is 331 g/mol. The monoisotopic (exact) mass is 331 g/mol. The predicted octanol–water partition coefficient (Wildman–Crippen LogP) is 3.53. The van der Waals surface area contributed by atoms with E-state index in [0.717, 1.165) is 11.8 Å². The van der Waals surface area contributed by atoms with E-state index in [1.807, 2.05) is 30.3 Å². The van der Waals surface area contributed by atoms with Gasteiger partial charge in [-0.15, -0.1) is 0 Å². The first-order valence-electron chi connectivity index (χ1n) is 7.40. The molecule has 0 spiro atoms. The maximum Gasteiger partial charge on any atom is 0.335 e. The van der Waals surface area contributed by atoms with Crippen molar-refractivity contribution in [3.8, 4) is 11.5 Å². The second kappa shape index (κ2) is 8.52. The van der Waals surface area contributed by atoms with Crippen LogP contribution >= 0.6 is 0 Å². The van der Waals surface area contributed by atoms with Gasteiger partial charge in [-0.1, -0.05) is 18.2 Å². The maximum absolute atomic E-state index is 11.0. The van der Waals surface area contributed by atoms with Gasteiger partial charge in [0.2, 0.25) is 0 Å². The highest BCUT2D eigenvalue weighted by Crippen LogP contribution is 2.28. The first-order chi connectivity index (χ1) is 11.6. The lowest BCUT2D eigenvalue weighted by Gasteiger charge is -2.08. The molecule has 2 aromatic rings. The number of benzene rings is 2. The fraction of sp³-hybridized carbons (Fsp3) is 0.235. The van der Waals surface area contributed by atoms with Gasteiger partial charge in [0.1, 0.15) is 5.75 Å². The number of carboxylic acids is 1. The largest absolute Gasteiger partial charge is 0.494 e. The van der Waals surface area contributed by atoms with Crippen LogP contribution in [0.3, 0.4) is 0 Å². The lowest BCUT2D eigenvalue weighted by atomic mass is 10.2. The number of unbranched alkanes of at least 4 members (excludes halogenated alkanes) is 1. The van der Waals surface area contributed by atoms with Crippen molar-refractivity contribution < 1.29 is 24.3 Å². The molecule has 0 aliphatic carbocycles. The van der Waals surface area contributed by atoms with E-state index in [-0.39, 0.29) is 23.6 Å². The van der Waals surface area contributed by atoms with E-state index >= 15 is 0 Å². The van der Waals surface area contributed by atoms with E-state index in [2.05, 4.69) is 0 Å². The number of nitro groups is 1. The number of aromatic carboxylic acids is 1. The van der Waals surface area contributed by atoms with Crippen molar-refractivity contribution in [2.24, 2.45) is 0 Å². The molecule has 24 heavy (non-hydrogen) atoms. The summed E-state index contributed by atoms with van der Waals surface area (Å²) in [6, 6.07) is 12.9. The van der Waals surface area contributed by atoms with E-state index in [1.165, 1.54) is 12.1 Å². The lowest BCUT2D eigenvalue weighted by Crippen LogP contribution is -2.05. The molecule has 2 rings (SSSR count). The molecule has 1 N–H and O–H groups in total. The van der Waals surface area contributed by atoms with E-state index in [1.54, 1.807) is 0 Å². The first-order valence-corrected chi connectivity index (χ1v) is 7.40. The normalized spacial score (nSPS) is 10.2. The van der Waals surface area contributed by atoms with Crippen LogP contribution in [0.4, 0.5) is 5.69 Å². The summed E-state index contributed by atoms with van der Waals surface area (Å²) < 4.78 is 10.9. The van der Waals surface area contributed by atoms with Crippen molar-refractivity contribution in [3.05, 3.63) is 64.2 Å². The highest BCUT2D eigenvalue weighted by Gasteiger charge is 2.17. The Kier molecular flexibility index (Phi) is 6.13. The number of carboxylic acid groups (broad SMARTS) is 1. The summed E-state index contributed by atoms with van der Waals surface area (Å²) in [7, 11) is 0. The second-order valence-electron chi connectivity index (χ2n) is 4.96. The third kappa shape index (κ3) is 4.98. The van der Waals surface area contributed by atoms with Gasteiger partial charge >= 0.3 is 11.7 Å². The highest BCUT2D eigenvalue weighted by molar-refractivity contribution is 5.88.